The molecule has 0 saturated carbocycles. The van der Waals surface area contributed by atoms with Crippen molar-refractivity contribution in [1.82, 2.24) is 5.32 Å². The summed E-state index contributed by atoms with van der Waals surface area (Å²) < 4.78 is 4.85. The highest BCUT2D eigenvalue weighted by molar-refractivity contribution is 5.95. The van der Waals surface area contributed by atoms with Gasteiger partial charge in [0, 0.05) is 11.7 Å². The molecule has 1 heterocycles. The lowest BCUT2D eigenvalue weighted by Crippen LogP contribution is -2.23. The van der Waals surface area contributed by atoms with E-state index in [1.54, 1.807) is 0 Å². The third kappa shape index (κ3) is 3.70. The summed E-state index contributed by atoms with van der Waals surface area (Å²) in [6.07, 6.45) is 3.37. The van der Waals surface area contributed by atoms with E-state index in [0.717, 1.165) is 43.6 Å². The maximum absolute atomic E-state index is 11.8. The van der Waals surface area contributed by atoms with E-state index in [0.29, 0.717) is 11.6 Å². The van der Waals surface area contributed by atoms with Crippen LogP contribution in [0.1, 0.15) is 35.2 Å². The first-order chi connectivity index (χ1) is 9.20. The summed E-state index contributed by atoms with van der Waals surface area (Å²) in [6, 6.07) is 6.29. The molecular weight excluding hydrogens is 240 g/mol. The van der Waals surface area contributed by atoms with Crippen molar-refractivity contribution in [2.24, 2.45) is 0 Å². The number of aryl methyl sites for hydroxylation is 1. The minimum absolute atomic E-state index is 0.280. The molecule has 1 aromatic carbocycles. The number of hydrogen-bond acceptors (Lipinski definition) is 4. The molecule has 0 spiro atoms. The van der Waals surface area contributed by atoms with Crippen LogP contribution in [0.4, 0.5) is 5.69 Å². The maximum Gasteiger partial charge on any atom is 0.339 e. The molecule has 0 aliphatic carbocycles. The van der Waals surface area contributed by atoms with Crippen LogP contribution in [0.3, 0.4) is 0 Å². The number of carbonyl (C=O) groups excluding carboxylic acids is 1. The number of nitrogens with one attached hydrogen (secondary N) is 2. The van der Waals surface area contributed by atoms with Crippen LogP contribution in [-0.4, -0.2) is 32.2 Å². The Morgan fingerprint density at radius 1 is 1.37 bits per heavy atom. The number of methoxy groups -OCH3 is 1. The van der Waals surface area contributed by atoms with Gasteiger partial charge in [0.05, 0.1) is 12.7 Å². The Hall–Kier alpha value is -1.55. The van der Waals surface area contributed by atoms with E-state index in [-0.39, 0.29) is 5.97 Å². The third-order valence-corrected chi connectivity index (χ3v) is 3.52. The zero-order chi connectivity index (χ0) is 13.7. The molecule has 19 heavy (non-hydrogen) atoms. The second-order valence-corrected chi connectivity index (χ2v) is 5.06. The number of benzene rings is 1. The van der Waals surface area contributed by atoms with Crippen LogP contribution in [0.15, 0.2) is 18.2 Å². The lowest BCUT2D eigenvalue weighted by Gasteiger charge is -2.19. The molecule has 1 aromatic rings. The summed E-state index contributed by atoms with van der Waals surface area (Å²) in [5.74, 6) is -0.280. The van der Waals surface area contributed by atoms with Gasteiger partial charge in [0.1, 0.15) is 0 Å². The van der Waals surface area contributed by atoms with Crippen LogP contribution in [0.2, 0.25) is 0 Å². The Morgan fingerprint density at radius 2 is 2.21 bits per heavy atom. The van der Waals surface area contributed by atoms with E-state index in [1.165, 1.54) is 7.11 Å². The third-order valence-electron chi connectivity index (χ3n) is 3.52. The molecule has 4 heteroatoms. The number of rotatable bonds is 3. The molecule has 104 valence electrons. The number of esters is 1. The van der Waals surface area contributed by atoms with Crippen molar-refractivity contribution < 1.29 is 9.53 Å². The van der Waals surface area contributed by atoms with Gasteiger partial charge in [-0.05, 0) is 51.4 Å². The number of anilines is 1. The number of hydrogen-bond donors (Lipinski definition) is 2. The van der Waals surface area contributed by atoms with E-state index < -0.39 is 0 Å². The molecule has 2 rings (SSSR count). The van der Waals surface area contributed by atoms with Gasteiger partial charge in [-0.15, -0.1) is 0 Å². The molecular formula is C15H22N2O2. The van der Waals surface area contributed by atoms with Crippen molar-refractivity contribution in [2.75, 3.05) is 25.5 Å². The van der Waals surface area contributed by atoms with Gasteiger partial charge in [-0.25, -0.2) is 4.79 Å². The maximum atomic E-state index is 11.8. The van der Waals surface area contributed by atoms with Crippen LogP contribution in [-0.2, 0) is 4.74 Å². The fourth-order valence-electron chi connectivity index (χ4n) is 2.45. The molecule has 1 fully saturated rings. The molecule has 1 aliphatic heterocycles. The Labute approximate surface area is 114 Å². The number of ether oxygens (including phenoxy) is 1. The second kappa shape index (κ2) is 6.57. The first-order valence-electron chi connectivity index (χ1n) is 6.87. The Balaban J connectivity index is 2.16. The largest absolute Gasteiger partial charge is 0.465 e. The van der Waals surface area contributed by atoms with Crippen LogP contribution in [0.25, 0.3) is 0 Å². The van der Waals surface area contributed by atoms with E-state index in [4.69, 9.17) is 4.74 Å². The topological polar surface area (TPSA) is 50.4 Å². The van der Waals surface area contributed by atoms with Gasteiger partial charge in [-0.1, -0.05) is 11.6 Å². The van der Waals surface area contributed by atoms with Crippen molar-refractivity contribution in [3.8, 4) is 0 Å². The van der Waals surface area contributed by atoms with Crippen LogP contribution in [0.5, 0.6) is 0 Å². The van der Waals surface area contributed by atoms with Gasteiger partial charge >= 0.3 is 5.97 Å². The van der Waals surface area contributed by atoms with Crippen molar-refractivity contribution in [3.05, 3.63) is 29.3 Å². The monoisotopic (exact) mass is 262 g/mol. The van der Waals surface area contributed by atoms with Crippen molar-refractivity contribution in [2.45, 2.75) is 32.2 Å². The average molecular weight is 262 g/mol. The van der Waals surface area contributed by atoms with Crippen LogP contribution < -0.4 is 10.6 Å². The first kappa shape index (κ1) is 13.9. The molecule has 0 bridgehead atoms. The summed E-state index contributed by atoms with van der Waals surface area (Å²) >= 11 is 0. The van der Waals surface area contributed by atoms with E-state index in [9.17, 15) is 4.79 Å². The summed E-state index contributed by atoms with van der Waals surface area (Å²) in [7, 11) is 1.42. The van der Waals surface area contributed by atoms with Gasteiger partial charge < -0.3 is 15.4 Å². The minimum atomic E-state index is -0.280. The second-order valence-electron chi connectivity index (χ2n) is 5.06. The zero-order valence-electron chi connectivity index (χ0n) is 11.7. The van der Waals surface area contributed by atoms with Gasteiger partial charge in [0.2, 0.25) is 0 Å². The van der Waals surface area contributed by atoms with Crippen molar-refractivity contribution >= 4 is 11.7 Å². The minimum Gasteiger partial charge on any atom is -0.465 e. The molecule has 2 N–H and O–H groups in total. The van der Waals surface area contributed by atoms with Gasteiger partial charge in [-0.3, -0.25) is 0 Å². The molecule has 4 nitrogen and oxygen atoms in total. The van der Waals surface area contributed by atoms with E-state index >= 15 is 0 Å². The van der Waals surface area contributed by atoms with Crippen molar-refractivity contribution in [1.29, 1.82) is 0 Å². The molecule has 1 aliphatic rings. The molecule has 1 unspecified atom stereocenters. The van der Waals surface area contributed by atoms with Gasteiger partial charge in [-0.2, -0.15) is 0 Å². The van der Waals surface area contributed by atoms with Crippen LogP contribution in [0, 0.1) is 6.92 Å². The van der Waals surface area contributed by atoms with E-state index in [1.807, 2.05) is 25.1 Å². The molecule has 1 saturated heterocycles. The molecule has 0 amide bonds. The summed E-state index contributed by atoms with van der Waals surface area (Å²) in [5.41, 5.74) is 2.57. The zero-order valence-corrected chi connectivity index (χ0v) is 11.7. The smallest absolute Gasteiger partial charge is 0.339 e. The Bertz CT molecular complexity index is 438. The standard InChI is InChI=1S/C15H22N2O2/c1-11-5-6-14(13(10-11)15(18)19-2)17-12-4-3-8-16-9-7-12/h5-6,10,12,16-17H,3-4,7-9H2,1-2H3. The number of carbonyl (C=O) groups is 1. The highest BCUT2D eigenvalue weighted by atomic mass is 16.5. The lowest BCUT2D eigenvalue weighted by atomic mass is 10.1. The fraction of sp³-hybridized carbons (Fsp3) is 0.533. The predicted octanol–water partition coefficient (Wildman–Crippen LogP) is 2.34. The Kier molecular flexibility index (Phi) is 4.80. The van der Waals surface area contributed by atoms with Crippen molar-refractivity contribution in [3.63, 3.8) is 0 Å². The average Bonchev–Trinajstić information content (AvgIpc) is 2.68. The highest BCUT2D eigenvalue weighted by Crippen LogP contribution is 2.21. The SMILES string of the molecule is COC(=O)c1cc(C)ccc1NC1CCCNCC1. The Morgan fingerprint density at radius 3 is 3.00 bits per heavy atom. The lowest BCUT2D eigenvalue weighted by molar-refractivity contribution is 0.0601. The van der Waals surface area contributed by atoms with Gasteiger partial charge in [0.15, 0.2) is 0 Å². The summed E-state index contributed by atoms with van der Waals surface area (Å²) in [4.78, 5) is 11.8. The summed E-state index contributed by atoms with van der Waals surface area (Å²) in [5, 5.41) is 6.88. The van der Waals surface area contributed by atoms with E-state index in [2.05, 4.69) is 10.6 Å². The predicted molar refractivity (Wildman–Crippen MR) is 76.6 cm³/mol. The first-order valence-corrected chi connectivity index (χ1v) is 6.87. The molecule has 0 radical (unpaired) electrons. The normalized spacial score (nSPS) is 19.6. The quantitative estimate of drug-likeness (QED) is 0.821. The molecule has 0 aromatic heterocycles. The van der Waals surface area contributed by atoms with Crippen LogP contribution >= 0.6 is 0 Å². The van der Waals surface area contributed by atoms with Gasteiger partial charge in [0.25, 0.3) is 0 Å². The highest BCUT2D eigenvalue weighted by Gasteiger charge is 2.16. The fourth-order valence-corrected chi connectivity index (χ4v) is 2.45. The molecule has 1 atom stereocenters. The summed E-state index contributed by atoms with van der Waals surface area (Å²) in [6.45, 7) is 4.08.